The Balaban J connectivity index is 1.54. The monoisotopic (exact) mass is 394 g/mol. The van der Waals surface area contributed by atoms with Gasteiger partial charge in [0.25, 0.3) is 0 Å². The van der Waals surface area contributed by atoms with E-state index in [1.54, 1.807) is 18.2 Å². The fraction of sp³-hybridized carbons (Fsp3) is 0.316. The fourth-order valence-corrected chi connectivity index (χ4v) is 3.23. The highest BCUT2D eigenvalue weighted by atomic mass is 35.5. The van der Waals surface area contributed by atoms with E-state index in [9.17, 15) is 4.79 Å². The summed E-state index contributed by atoms with van der Waals surface area (Å²) in [6.45, 7) is 1.39. The molecule has 0 radical (unpaired) electrons. The van der Waals surface area contributed by atoms with Crippen LogP contribution in [0.25, 0.3) is 0 Å². The Morgan fingerprint density at radius 1 is 1.19 bits per heavy atom. The summed E-state index contributed by atoms with van der Waals surface area (Å²) in [6, 6.07) is 12.4. The van der Waals surface area contributed by atoms with Crippen LogP contribution in [0.3, 0.4) is 0 Å². The summed E-state index contributed by atoms with van der Waals surface area (Å²) < 4.78 is 11.4. The first-order valence-electron chi connectivity index (χ1n) is 8.43. The number of halogens is 2. The molecule has 0 spiro atoms. The SMILES string of the molecule is O=C(CNc1ccccc1OCC1CCCO1)Nc1cc(Cl)cc(Cl)c1. The van der Waals surface area contributed by atoms with Gasteiger partial charge < -0.3 is 20.1 Å². The summed E-state index contributed by atoms with van der Waals surface area (Å²) in [5, 5.41) is 6.79. The van der Waals surface area contributed by atoms with Gasteiger partial charge in [-0.25, -0.2) is 0 Å². The van der Waals surface area contributed by atoms with Crippen molar-refractivity contribution < 1.29 is 14.3 Å². The highest BCUT2D eigenvalue weighted by Crippen LogP contribution is 2.25. The van der Waals surface area contributed by atoms with Crippen LogP contribution in [0.15, 0.2) is 42.5 Å². The lowest BCUT2D eigenvalue weighted by atomic mass is 10.2. The van der Waals surface area contributed by atoms with E-state index in [-0.39, 0.29) is 18.6 Å². The molecule has 1 saturated heterocycles. The number of amides is 1. The van der Waals surface area contributed by atoms with Crippen molar-refractivity contribution in [3.8, 4) is 5.75 Å². The molecule has 5 nitrogen and oxygen atoms in total. The summed E-state index contributed by atoms with van der Waals surface area (Å²) in [7, 11) is 0. The maximum atomic E-state index is 12.2. The van der Waals surface area contributed by atoms with Crippen LogP contribution in [0, 0.1) is 0 Å². The van der Waals surface area contributed by atoms with Crippen LogP contribution in [0.2, 0.25) is 10.0 Å². The Bertz CT molecular complexity index is 744. The molecule has 2 aromatic rings. The lowest BCUT2D eigenvalue weighted by molar-refractivity contribution is -0.114. The summed E-state index contributed by atoms with van der Waals surface area (Å²) in [5.41, 5.74) is 1.31. The molecule has 26 heavy (non-hydrogen) atoms. The number of nitrogens with one attached hydrogen (secondary N) is 2. The number of carbonyl (C=O) groups excluding carboxylic acids is 1. The smallest absolute Gasteiger partial charge is 0.243 e. The highest BCUT2D eigenvalue weighted by molar-refractivity contribution is 6.35. The number of hydrogen-bond acceptors (Lipinski definition) is 4. The van der Waals surface area contributed by atoms with Gasteiger partial charge in [-0.2, -0.15) is 0 Å². The number of hydrogen-bond donors (Lipinski definition) is 2. The molecule has 138 valence electrons. The van der Waals surface area contributed by atoms with Gasteiger partial charge in [0.2, 0.25) is 5.91 Å². The Labute approximate surface area is 162 Å². The molecule has 1 aliphatic heterocycles. The van der Waals surface area contributed by atoms with Gasteiger partial charge in [-0.15, -0.1) is 0 Å². The number of rotatable bonds is 7. The van der Waals surface area contributed by atoms with Gasteiger partial charge in [0, 0.05) is 22.3 Å². The molecule has 2 aromatic carbocycles. The summed E-state index contributed by atoms with van der Waals surface area (Å²) in [5.74, 6) is 0.485. The van der Waals surface area contributed by atoms with Crippen LogP contribution in [0.1, 0.15) is 12.8 Å². The predicted octanol–water partition coefficient (Wildman–Crippen LogP) is 4.60. The van der Waals surface area contributed by atoms with Crippen LogP contribution in [-0.2, 0) is 9.53 Å². The molecule has 3 rings (SSSR count). The second kappa shape index (κ2) is 9.12. The summed E-state index contributed by atoms with van der Waals surface area (Å²) in [6.07, 6.45) is 2.22. The maximum absolute atomic E-state index is 12.2. The summed E-state index contributed by atoms with van der Waals surface area (Å²) in [4.78, 5) is 12.2. The molecule has 0 aliphatic carbocycles. The zero-order valence-corrected chi connectivity index (χ0v) is 15.6. The van der Waals surface area contributed by atoms with Crippen molar-refractivity contribution in [2.45, 2.75) is 18.9 Å². The van der Waals surface area contributed by atoms with Crippen LogP contribution < -0.4 is 15.4 Å². The van der Waals surface area contributed by atoms with E-state index >= 15 is 0 Å². The number of carbonyl (C=O) groups is 1. The quantitative estimate of drug-likeness (QED) is 0.719. The average Bonchev–Trinajstić information content (AvgIpc) is 3.11. The standard InChI is InChI=1S/C19H20Cl2N2O3/c20-13-8-14(21)10-15(9-13)23-19(24)11-22-17-5-1-2-6-18(17)26-12-16-4-3-7-25-16/h1-2,5-6,8-10,16,22H,3-4,7,11-12H2,(H,23,24). The van der Waals surface area contributed by atoms with Crippen molar-refractivity contribution in [1.29, 1.82) is 0 Å². The van der Waals surface area contributed by atoms with Crippen LogP contribution >= 0.6 is 23.2 Å². The van der Waals surface area contributed by atoms with Gasteiger partial charge >= 0.3 is 0 Å². The van der Waals surface area contributed by atoms with E-state index in [0.29, 0.717) is 28.1 Å². The zero-order chi connectivity index (χ0) is 18.4. The van der Waals surface area contributed by atoms with Crippen molar-refractivity contribution in [3.05, 3.63) is 52.5 Å². The minimum atomic E-state index is -0.211. The largest absolute Gasteiger partial charge is 0.489 e. The molecule has 1 amide bonds. The van der Waals surface area contributed by atoms with E-state index in [2.05, 4.69) is 10.6 Å². The van der Waals surface area contributed by atoms with Gasteiger partial charge in [-0.3, -0.25) is 4.79 Å². The normalized spacial score (nSPS) is 16.3. The lowest BCUT2D eigenvalue weighted by Crippen LogP contribution is -2.22. The van der Waals surface area contributed by atoms with E-state index in [1.807, 2.05) is 24.3 Å². The third-order valence-corrected chi connectivity index (χ3v) is 4.36. The van der Waals surface area contributed by atoms with E-state index < -0.39 is 0 Å². The molecular weight excluding hydrogens is 375 g/mol. The van der Waals surface area contributed by atoms with Crippen molar-refractivity contribution >= 4 is 40.5 Å². The van der Waals surface area contributed by atoms with E-state index in [4.69, 9.17) is 32.7 Å². The molecule has 0 aromatic heterocycles. The molecule has 1 fully saturated rings. The highest BCUT2D eigenvalue weighted by Gasteiger charge is 2.16. The number of para-hydroxylation sites is 2. The second-order valence-electron chi connectivity index (χ2n) is 6.00. The Morgan fingerprint density at radius 3 is 2.69 bits per heavy atom. The van der Waals surface area contributed by atoms with Gasteiger partial charge in [0.05, 0.1) is 18.3 Å². The molecule has 0 saturated carbocycles. The van der Waals surface area contributed by atoms with Crippen molar-refractivity contribution in [2.75, 3.05) is 30.4 Å². The topological polar surface area (TPSA) is 59.6 Å². The first kappa shape index (κ1) is 18.8. The second-order valence-corrected chi connectivity index (χ2v) is 6.87. The zero-order valence-electron chi connectivity index (χ0n) is 14.1. The molecule has 2 N–H and O–H groups in total. The predicted molar refractivity (Wildman–Crippen MR) is 104 cm³/mol. The molecule has 1 unspecified atom stereocenters. The number of benzene rings is 2. The van der Waals surface area contributed by atoms with Crippen molar-refractivity contribution in [1.82, 2.24) is 0 Å². The minimum Gasteiger partial charge on any atom is -0.489 e. The Hall–Kier alpha value is -1.95. The Morgan fingerprint density at radius 2 is 1.96 bits per heavy atom. The molecule has 7 heteroatoms. The van der Waals surface area contributed by atoms with E-state index in [1.165, 1.54) is 0 Å². The first-order valence-corrected chi connectivity index (χ1v) is 9.19. The molecule has 1 atom stereocenters. The van der Waals surface area contributed by atoms with Crippen LogP contribution in [-0.4, -0.2) is 31.8 Å². The van der Waals surface area contributed by atoms with Gasteiger partial charge in [0.1, 0.15) is 12.4 Å². The average molecular weight is 395 g/mol. The Kier molecular flexibility index (Phi) is 6.61. The lowest BCUT2D eigenvalue weighted by Gasteiger charge is -2.15. The van der Waals surface area contributed by atoms with Gasteiger partial charge in [-0.05, 0) is 43.2 Å². The first-order chi connectivity index (χ1) is 12.6. The van der Waals surface area contributed by atoms with Crippen molar-refractivity contribution in [3.63, 3.8) is 0 Å². The molecule has 1 heterocycles. The molecular formula is C19H20Cl2N2O3. The van der Waals surface area contributed by atoms with Gasteiger partial charge in [0.15, 0.2) is 0 Å². The van der Waals surface area contributed by atoms with Crippen molar-refractivity contribution in [2.24, 2.45) is 0 Å². The third-order valence-electron chi connectivity index (χ3n) is 3.92. The molecule has 0 bridgehead atoms. The number of anilines is 2. The maximum Gasteiger partial charge on any atom is 0.243 e. The summed E-state index contributed by atoms with van der Waals surface area (Å²) >= 11 is 11.9. The van der Waals surface area contributed by atoms with Gasteiger partial charge in [-0.1, -0.05) is 35.3 Å². The van der Waals surface area contributed by atoms with Crippen LogP contribution in [0.5, 0.6) is 5.75 Å². The third kappa shape index (κ3) is 5.53. The fourth-order valence-electron chi connectivity index (χ4n) is 2.70. The molecule has 1 aliphatic rings. The number of ether oxygens (including phenoxy) is 2. The van der Waals surface area contributed by atoms with E-state index in [0.717, 1.165) is 25.1 Å². The minimum absolute atomic E-state index is 0.0877. The van der Waals surface area contributed by atoms with Crippen LogP contribution in [0.4, 0.5) is 11.4 Å².